The first-order valence-corrected chi connectivity index (χ1v) is 6.51. The first-order chi connectivity index (χ1) is 8.60. The van der Waals surface area contributed by atoms with Crippen LogP contribution < -0.4 is 10.6 Å². The molecule has 2 N–H and O–H groups in total. The summed E-state index contributed by atoms with van der Waals surface area (Å²) in [5, 5.41) is 0. The number of carbonyl (C=O) groups excluding carboxylic acids is 1. The number of rotatable bonds is 0. The number of ether oxygens (including phenoxy) is 1. The standard InChI is InChI=1S/C15H22N2O2/c1-14(2,3)19-13(18)17-9-15(4,5)11-8-10(16)6-7-12(11)17/h6-8H,9,16H2,1-5H3. The van der Waals surface area contributed by atoms with Crippen LogP contribution in [0.3, 0.4) is 0 Å². The molecule has 0 aromatic heterocycles. The van der Waals surface area contributed by atoms with Gasteiger partial charge in [0.2, 0.25) is 0 Å². The molecule has 0 spiro atoms. The Morgan fingerprint density at radius 3 is 2.58 bits per heavy atom. The molecule has 2 rings (SSSR count). The third-order valence-corrected chi connectivity index (χ3v) is 3.21. The zero-order valence-corrected chi connectivity index (χ0v) is 12.3. The fourth-order valence-corrected chi connectivity index (χ4v) is 2.38. The van der Waals surface area contributed by atoms with Crippen molar-refractivity contribution in [1.82, 2.24) is 0 Å². The van der Waals surface area contributed by atoms with Crippen LogP contribution in [0.2, 0.25) is 0 Å². The Kier molecular flexibility index (Phi) is 3.00. The van der Waals surface area contributed by atoms with Crippen molar-refractivity contribution in [2.45, 2.75) is 45.6 Å². The highest BCUT2D eigenvalue weighted by molar-refractivity contribution is 5.92. The fourth-order valence-electron chi connectivity index (χ4n) is 2.38. The summed E-state index contributed by atoms with van der Waals surface area (Å²) in [5.74, 6) is 0. The van der Waals surface area contributed by atoms with Gasteiger partial charge in [0.25, 0.3) is 0 Å². The Balaban J connectivity index is 2.35. The number of hydrogen-bond donors (Lipinski definition) is 1. The second-order valence-electron chi connectivity index (χ2n) is 6.73. The number of anilines is 2. The number of fused-ring (bicyclic) bond motifs is 1. The van der Waals surface area contributed by atoms with Crippen LogP contribution in [0.4, 0.5) is 16.2 Å². The Hall–Kier alpha value is -1.71. The average Bonchev–Trinajstić information content (AvgIpc) is 2.49. The van der Waals surface area contributed by atoms with Gasteiger partial charge in [-0.2, -0.15) is 0 Å². The Bertz CT molecular complexity index is 515. The van der Waals surface area contributed by atoms with Gasteiger partial charge in [-0.3, -0.25) is 4.90 Å². The van der Waals surface area contributed by atoms with Gasteiger partial charge in [0.1, 0.15) is 5.60 Å². The lowest BCUT2D eigenvalue weighted by atomic mass is 9.87. The van der Waals surface area contributed by atoms with Crippen molar-refractivity contribution in [3.05, 3.63) is 23.8 Å². The maximum absolute atomic E-state index is 12.3. The maximum atomic E-state index is 12.3. The number of nitrogen functional groups attached to an aromatic ring is 1. The third kappa shape index (κ3) is 2.67. The van der Waals surface area contributed by atoms with Crippen molar-refractivity contribution >= 4 is 17.5 Å². The number of hydrogen-bond acceptors (Lipinski definition) is 3. The molecule has 19 heavy (non-hydrogen) atoms. The van der Waals surface area contributed by atoms with Gasteiger partial charge in [-0.25, -0.2) is 4.79 Å². The monoisotopic (exact) mass is 262 g/mol. The van der Waals surface area contributed by atoms with Crippen molar-refractivity contribution in [3.8, 4) is 0 Å². The van der Waals surface area contributed by atoms with E-state index in [2.05, 4.69) is 13.8 Å². The summed E-state index contributed by atoms with van der Waals surface area (Å²) in [4.78, 5) is 14.0. The largest absolute Gasteiger partial charge is 0.443 e. The normalized spacial score (nSPS) is 17.2. The molecule has 1 aliphatic heterocycles. The van der Waals surface area contributed by atoms with E-state index >= 15 is 0 Å². The van der Waals surface area contributed by atoms with E-state index < -0.39 is 5.60 Å². The maximum Gasteiger partial charge on any atom is 0.414 e. The van der Waals surface area contributed by atoms with Crippen LogP contribution >= 0.6 is 0 Å². The highest BCUT2D eigenvalue weighted by Gasteiger charge is 2.39. The number of benzene rings is 1. The third-order valence-electron chi connectivity index (χ3n) is 3.21. The summed E-state index contributed by atoms with van der Waals surface area (Å²) in [5.41, 5.74) is 7.96. The van der Waals surface area contributed by atoms with Gasteiger partial charge in [0.15, 0.2) is 0 Å². The summed E-state index contributed by atoms with van der Waals surface area (Å²) in [6.45, 7) is 10.4. The SMILES string of the molecule is CC(C)(C)OC(=O)N1CC(C)(C)c2cc(N)ccc21. The lowest BCUT2D eigenvalue weighted by molar-refractivity contribution is 0.0579. The molecule has 1 aliphatic rings. The molecule has 4 heteroatoms. The second-order valence-corrected chi connectivity index (χ2v) is 6.73. The zero-order valence-electron chi connectivity index (χ0n) is 12.3. The molecule has 1 aromatic carbocycles. The second kappa shape index (κ2) is 4.15. The first-order valence-electron chi connectivity index (χ1n) is 6.51. The van der Waals surface area contributed by atoms with Crippen LogP contribution in [0, 0.1) is 0 Å². The highest BCUT2D eigenvalue weighted by atomic mass is 16.6. The summed E-state index contributed by atoms with van der Waals surface area (Å²) in [6, 6.07) is 5.65. The van der Waals surface area contributed by atoms with Crippen molar-refractivity contribution in [2.24, 2.45) is 0 Å². The predicted molar refractivity (Wildman–Crippen MR) is 77.5 cm³/mol. The van der Waals surface area contributed by atoms with Crippen molar-refractivity contribution in [3.63, 3.8) is 0 Å². The number of carbonyl (C=O) groups is 1. The molecular weight excluding hydrogens is 240 g/mol. The molecular formula is C15H22N2O2. The molecule has 0 saturated carbocycles. The molecule has 0 atom stereocenters. The van der Waals surface area contributed by atoms with E-state index in [0.717, 1.165) is 16.9 Å². The Morgan fingerprint density at radius 1 is 1.37 bits per heavy atom. The van der Waals surface area contributed by atoms with Crippen molar-refractivity contribution in [2.75, 3.05) is 17.2 Å². The zero-order chi connectivity index (χ0) is 14.4. The van der Waals surface area contributed by atoms with Gasteiger partial charge in [-0.1, -0.05) is 13.8 Å². The minimum atomic E-state index is -0.488. The highest BCUT2D eigenvalue weighted by Crippen LogP contribution is 2.41. The van der Waals surface area contributed by atoms with Gasteiger partial charge < -0.3 is 10.5 Å². The Morgan fingerprint density at radius 2 is 2.00 bits per heavy atom. The molecule has 0 aliphatic carbocycles. The predicted octanol–water partition coefficient (Wildman–Crippen LogP) is 3.30. The van der Waals surface area contributed by atoms with E-state index in [1.807, 2.05) is 39.0 Å². The molecule has 1 amide bonds. The fraction of sp³-hybridized carbons (Fsp3) is 0.533. The molecule has 0 bridgehead atoms. The molecule has 0 saturated heterocycles. The molecule has 0 fully saturated rings. The minimum Gasteiger partial charge on any atom is -0.443 e. The van der Waals surface area contributed by atoms with Crippen LogP contribution in [-0.4, -0.2) is 18.2 Å². The summed E-state index contributed by atoms with van der Waals surface area (Å²) in [6.07, 6.45) is -0.302. The quantitative estimate of drug-likeness (QED) is 0.730. The van der Waals surface area contributed by atoms with Crippen LogP contribution in [0.1, 0.15) is 40.2 Å². The van der Waals surface area contributed by atoms with E-state index in [0.29, 0.717) is 6.54 Å². The molecule has 1 heterocycles. The van der Waals surface area contributed by atoms with Crippen LogP contribution in [0.5, 0.6) is 0 Å². The Labute approximate surface area is 114 Å². The lowest BCUT2D eigenvalue weighted by Gasteiger charge is -2.25. The lowest BCUT2D eigenvalue weighted by Crippen LogP contribution is -2.38. The summed E-state index contributed by atoms with van der Waals surface area (Å²) in [7, 11) is 0. The minimum absolute atomic E-state index is 0.110. The topological polar surface area (TPSA) is 55.6 Å². The van der Waals surface area contributed by atoms with Crippen LogP contribution in [0.25, 0.3) is 0 Å². The van der Waals surface area contributed by atoms with Gasteiger partial charge >= 0.3 is 6.09 Å². The van der Waals surface area contributed by atoms with E-state index in [-0.39, 0.29) is 11.5 Å². The van der Waals surface area contributed by atoms with Crippen LogP contribution in [0.15, 0.2) is 18.2 Å². The van der Waals surface area contributed by atoms with E-state index in [4.69, 9.17) is 10.5 Å². The number of nitrogens with two attached hydrogens (primary N) is 1. The van der Waals surface area contributed by atoms with Gasteiger partial charge in [0.05, 0.1) is 5.69 Å². The molecule has 104 valence electrons. The smallest absolute Gasteiger partial charge is 0.414 e. The summed E-state index contributed by atoms with van der Waals surface area (Å²) >= 11 is 0. The molecule has 0 radical (unpaired) electrons. The van der Waals surface area contributed by atoms with E-state index in [1.165, 1.54) is 0 Å². The van der Waals surface area contributed by atoms with E-state index in [1.54, 1.807) is 4.90 Å². The average molecular weight is 262 g/mol. The number of amides is 1. The number of nitrogens with zero attached hydrogens (tertiary/aromatic N) is 1. The van der Waals surface area contributed by atoms with E-state index in [9.17, 15) is 4.79 Å². The molecule has 0 unspecified atom stereocenters. The van der Waals surface area contributed by atoms with Gasteiger partial charge in [-0.15, -0.1) is 0 Å². The van der Waals surface area contributed by atoms with Crippen molar-refractivity contribution in [1.29, 1.82) is 0 Å². The summed E-state index contributed by atoms with van der Waals surface area (Å²) < 4.78 is 5.46. The molecule has 1 aromatic rings. The first kappa shape index (κ1) is 13.7. The molecule has 4 nitrogen and oxygen atoms in total. The van der Waals surface area contributed by atoms with Crippen LogP contribution in [-0.2, 0) is 10.2 Å². The van der Waals surface area contributed by atoms with Crippen molar-refractivity contribution < 1.29 is 9.53 Å². The van der Waals surface area contributed by atoms with Gasteiger partial charge in [0, 0.05) is 17.6 Å². The van der Waals surface area contributed by atoms with Gasteiger partial charge in [-0.05, 0) is 44.5 Å².